The molecule has 0 aliphatic carbocycles. The summed E-state index contributed by atoms with van der Waals surface area (Å²) in [4.78, 5) is 72.7. The standard InChI is InChI=1S/C26H44N4O14.2ClH/c31-21(27-19(25(37)38)1-3-23(33)34)17-29-5-9-41-13-15-43-11-7-30(8-12-44-16-14-42-10-6-29)18-22(32)28-20(26(39)40)2-4-24(35)36;;/h19-20H,1-18H2,(H,27,31)(H,28,32)(H,33,34)(H,35,36)(H,37,38)(H,39,40);2*1H. The molecule has 0 bridgehead atoms. The second-order valence-corrected chi connectivity index (χ2v) is 9.78. The van der Waals surface area contributed by atoms with Crippen LogP contribution in [0.15, 0.2) is 0 Å². The summed E-state index contributed by atoms with van der Waals surface area (Å²) >= 11 is 0. The van der Waals surface area contributed by atoms with E-state index in [-0.39, 0.29) is 104 Å². The van der Waals surface area contributed by atoms with Gasteiger partial charge in [0.05, 0.1) is 65.9 Å². The molecule has 1 rings (SSSR count). The topological polar surface area (TPSA) is 251 Å². The molecule has 0 aromatic carbocycles. The SMILES string of the molecule is Cl.Cl.O=C(O)CCC(NC(=O)CN1CCOCCOCCN(CC(=O)NC(CCC(=O)O)C(=O)O)CCOCCOCC1)C(=O)O. The molecule has 1 aliphatic rings. The normalized spacial score (nSPS) is 17.7. The molecule has 0 aromatic rings. The lowest BCUT2D eigenvalue weighted by Gasteiger charge is -2.24. The fourth-order valence-electron chi connectivity index (χ4n) is 3.89. The van der Waals surface area contributed by atoms with Crippen molar-refractivity contribution in [2.45, 2.75) is 37.8 Å². The van der Waals surface area contributed by atoms with Crippen molar-refractivity contribution in [2.75, 3.05) is 92.1 Å². The number of carboxylic acids is 4. The van der Waals surface area contributed by atoms with E-state index in [2.05, 4.69) is 10.6 Å². The molecular formula is C26H46Cl2N4O14. The van der Waals surface area contributed by atoms with Crippen molar-refractivity contribution < 1.29 is 68.1 Å². The van der Waals surface area contributed by atoms with Gasteiger partial charge in [-0.15, -0.1) is 24.8 Å². The third kappa shape index (κ3) is 23.5. The number of hydrogen-bond acceptors (Lipinski definition) is 12. The van der Waals surface area contributed by atoms with Gasteiger partial charge < -0.3 is 50.0 Å². The molecule has 1 fully saturated rings. The largest absolute Gasteiger partial charge is 0.481 e. The van der Waals surface area contributed by atoms with E-state index >= 15 is 0 Å². The van der Waals surface area contributed by atoms with Crippen LogP contribution in [0.3, 0.4) is 0 Å². The van der Waals surface area contributed by atoms with Gasteiger partial charge in [-0.1, -0.05) is 0 Å². The van der Waals surface area contributed by atoms with E-state index in [9.17, 15) is 39.0 Å². The van der Waals surface area contributed by atoms with Crippen LogP contribution in [0, 0.1) is 0 Å². The maximum Gasteiger partial charge on any atom is 0.326 e. The summed E-state index contributed by atoms with van der Waals surface area (Å²) in [6.45, 7) is 2.90. The number of nitrogens with zero attached hydrogens (tertiary/aromatic N) is 2. The predicted molar refractivity (Wildman–Crippen MR) is 164 cm³/mol. The number of carbonyl (C=O) groups excluding carboxylic acids is 2. The first-order valence-electron chi connectivity index (χ1n) is 14.2. The maximum atomic E-state index is 12.5. The number of carbonyl (C=O) groups is 6. The molecule has 0 saturated carbocycles. The zero-order valence-electron chi connectivity index (χ0n) is 25.5. The third-order valence-corrected chi connectivity index (χ3v) is 6.25. The molecule has 2 unspecified atom stereocenters. The number of carboxylic acid groups (broad SMARTS) is 4. The van der Waals surface area contributed by atoms with Gasteiger partial charge in [-0.2, -0.15) is 0 Å². The Hall–Kier alpha value is -2.84. The van der Waals surface area contributed by atoms with E-state index in [4.69, 9.17) is 29.2 Å². The van der Waals surface area contributed by atoms with Crippen LogP contribution < -0.4 is 10.6 Å². The minimum atomic E-state index is -1.32. The van der Waals surface area contributed by atoms with Gasteiger partial charge in [0, 0.05) is 39.0 Å². The lowest BCUT2D eigenvalue weighted by Crippen LogP contribution is -2.47. The van der Waals surface area contributed by atoms with E-state index in [0.29, 0.717) is 26.2 Å². The summed E-state index contributed by atoms with van der Waals surface area (Å²) in [7, 11) is 0. The molecule has 6 N–H and O–H groups in total. The van der Waals surface area contributed by atoms with Crippen LogP contribution >= 0.6 is 24.8 Å². The first-order valence-corrected chi connectivity index (χ1v) is 14.2. The second-order valence-electron chi connectivity index (χ2n) is 9.78. The van der Waals surface area contributed by atoms with E-state index in [1.165, 1.54) is 0 Å². The molecular weight excluding hydrogens is 663 g/mol. The quantitative estimate of drug-likeness (QED) is 0.119. The molecule has 1 heterocycles. The number of halogens is 2. The highest BCUT2D eigenvalue weighted by Gasteiger charge is 2.23. The Bertz CT molecular complexity index is 841. The molecule has 20 heteroatoms. The Kier molecular flexibility index (Phi) is 26.9. The Morgan fingerprint density at radius 2 is 0.804 bits per heavy atom. The lowest BCUT2D eigenvalue weighted by atomic mass is 10.1. The first kappa shape index (κ1) is 45.3. The molecule has 46 heavy (non-hydrogen) atoms. The van der Waals surface area contributed by atoms with Gasteiger partial charge in [-0.25, -0.2) is 9.59 Å². The Morgan fingerprint density at radius 3 is 1.04 bits per heavy atom. The summed E-state index contributed by atoms with van der Waals surface area (Å²) in [5, 5.41) is 40.8. The predicted octanol–water partition coefficient (Wildman–Crippen LogP) is -1.62. The number of aliphatic carboxylic acids is 4. The number of hydrogen-bond donors (Lipinski definition) is 6. The number of amides is 2. The number of nitrogens with one attached hydrogen (secondary N) is 2. The summed E-state index contributed by atoms with van der Waals surface area (Å²) in [6.07, 6.45) is -1.28. The summed E-state index contributed by atoms with van der Waals surface area (Å²) in [5.41, 5.74) is 0. The van der Waals surface area contributed by atoms with E-state index in [1.54, 1.807) is 9.80 Å². The van der Waals surface area contributed by atoms with E-state index < -0.39 is 60.6 Å². The van der Waals surface area contributed by atoms with E-state index in [0.717, 1.165) is 0 Å². The Morgan fingerprint density at radius 1 is 0.522 bits per heavy atom. The Labute approximate surface area is 278 Å². The highest BCUT2D eigenvalue weighted by molar-refractivity contribution is 5.86. The summed E-state index contributed by atoms with van der Waals surface area (Å²) in [5.74, 6) is -6.12. The minimum Gasteiger partial charge on any atom is -0.481 e. The van der Waals surface area contributed by atoms with Crippen LogP contribution in [0.4, 0.5) is 0 Å². The fourth-order valence-corrected chi connectivity index (χ4v) is 3.89. The van der Waals surface area contributed by atoms with Gasteiger partial charge in [0.15, 0.2) is 0 Å². The summed E-state index contributed by atoms with van der Waals surface area (Å²) < 4.78 is 22.3. The van der Waals surface area contributed by atoms with Crippen LogP contribution in [-0.4, -0.2) is 170 Å². The van der Waals surface area contributed by atoms with Crippen molar-refractivity contribution in [3.63, 3.8) is 0 Å². The zero-order chi connectivity index (χ0) is 32.7. The van der Waals surface area contributed by atoms with E-state index in [1.807, 2.05) is 0 Å². The number of rotatable bonds is 14. The van der Waals surface area contributed by atoms with Crippen LogP contribution in [0.5, 0.6) is 0 Å². The van der Waals surface area contributed by atoms with Crippen molar-refractivity contribution in [3.8, 4) is 0 Å². The molecule has 268 valence electrons. The number of ether oxygens (including phenoxy) is 4. The molecule has 1 aliphatic heterocycles. The first-order chi connectivity index (χ1) is 21.0. The molecule has 0 radical (unpaired) electrons. The molecule has 18 nitrogen and oxygen atoms in total. The Balaban J connectivity index is 0. The molecule has 2 amide bonds. The molecule has 1 saturated heterocycles. The van der Waals surface area contributed by atoms with Crippen molar-refractivity contribution >= 4 is 60.5 Å². The second kappa shape index (κ2) is 27.3. The zero-order valence-corrected chi connectivity index (χ0v) is 27.1. The van der Waals surface area contributed by atoms with Gasteiger partial charge in [0.25, 0.3) is 0 Å². The average molecular weight is 710 g/mol. The third-order valence-electron chi connectivity index (χ3n) is 6.25. The molecule has 0 spiro atoms. The van der Waals surface area contributed by atoms with Crippen LogP contribution in [0.25, 0.3) is 0 Å². The monoisotopic (exact) mass is 708 g/mol. The molecule has 2 atom stereocenters. The van der Waals surface area contributed by atoms with Crippen molar-refractivity contribution in [1.29, 1.82) is 0 Å². The van der Waals surface area contributed by atoms with Gasteiger partial charge >= 0.3 is 23.9 Å². The van der Waals surface area contributed by atoms with Crippen LogP contribution in [0.1, 0.15) is 25.7 Å². The van der Waals surface area contributed by atoms with Gasteiger partial charge in [-0.05, 0) is 12.8 Å². The fraction of sp³-hybridized carbons (Fsp3) is 0.769. The van der Waals surface area contributed by atoms with Crippen molar-refractivity contribution in [3.05, 3.63) is 0 Å². The maximum absolute atomic E-state index is 12.5. The van der Waals surface area contributed by atoms with Crippen LogP contribution in [0.2, 0.25) is 0 Å². The van der Waals surface area contributed by atoms with Gasteiger partial charge in [0.2, 0.25) is 11.8 Å². The molecule has 0 aromatic heterocycles. The van der Waals surface area contributed by atoms with Crippen molar-refractivity contribution in [1.82, 2.24) is 20.4 Å². The summed E-state index contributed by atoms with van der Waals surface area (Å²) in [6, 6.07) is -2.65. The highest BCUT2D eigenvalue weighted by atomic mass is 35.5. The smallest absolute Gasteiger partial charge is 0.326 e. The average Bonchev–Trinajstić information content (AvgIpc) is 2.94. The minimum absolute atomic E-state index is 0. The van der Waals surface area contributed by atoms with Crippen LogP contribution in [-0.2, 0) is 47.7 Å². The highest BCUT2D eigenvalue weighted by Crippen LogP contribution is 2.01. The van der Waals surface area contributed by atoms with Gasteiger partial charge in [-0.3, -0.25) is 29.0 Å². The van der Waals surface area contributed by atoms with Crippen molar-refractivity contribution in [2.24, 2.45) is 0 Å². The lowest BCUT2D eigenvalue weighted by molar-refractivity contribution is -0.144. The van der Waals surface area contributed by atoms with Gasteiger partial charge in [0.1, 0.15) is 12.1 Å².